The number of hydrogen-bond donors (Lipinski definition) is 1. The van der Waals surface area contributed by atoms with Gasteiger partial charge in [-0.15, -0.1) is 0 Å². The number of Topliss-reactive ketones (excluding diaryl/α,β-unsaturated/α-hetero) is 1. The van der Waals surface area contributed by atoms with Crippen molar-refractivity contribution in [3.8, 4) is 0 Å². The van der Waals surface area contributed by atoms with Gasteiger partial charge in [-0.1, -0.05) is 25.4 Å². The van der Waals surface area contributed by atoms with Crippen LogP contribution >= 0.6 is 11.6 Å². The van der Waals surface area contributed by atoms with Crippen LogP contribution in [-0.4, -0.2) is 20.7 Å². The van der Waals surface area contributed by atoms with Gasteiger partial charge in [-0.25, -0.2) is 17.5 Å². The second-order valence-corrected chi connectivity index (χ2v) is 6.16. The molecule has 1 rings (SSSR count). The lowest BCUT2D eigenvalue weighted by Gasteiger charge is -2.09. The number of carbonyl (C=O) groups is 1. The minimum Gasteiger partial charge on any atom is -0.298 e. The van der Waals surface area contributed by atoms with E-state index in [-0.39, 0.29) is 28.2 Å². The van der Waals surface area contributed by atoms with Gasteiger partial charge in [0.25, 0.3) is 0 Å². The number of sulfonamides is 1. The zero-order chi connectivity index (χ0) is 13.9. The summed E-state index contributed by atoms with van der Waals surface area (Å²) in [6.07, 6.45) is 0. The van der Waals surface area contributed by atoms with Gasteiger partial charge in [-0.05, 0) is 18.2 Å². The van der Waals surface area contributed by atoms with Crippen LogP contribution in [0.4, 0.5) is 4.39 Å². The molecule has 0 heterocycles. The first-order valence-corrected chi connectivity index (χ1v) is 7.07. The molecule has 0 fully saturated rings. The van der Waals surface area contributed by atoms with Gasteiger partial charge in [-0.3, -0.25) is 4.79 Å². The molecule has 0 unspecified atom stereocenters. The third-order valence-electron chi connectivity index (χ3n) is 2.26. The van der Waals surface area contributed by atoms with E-state index in [1.54, 1.807) is 13.8 Å². The Kier molecular flexibility index (Phi) is 4.84. The minimum absolute atomic E-state index is 0.0964. The molecule has 1 aromatic carbocycles. The lowest BCUT2D eigenvalue weighted by atomic mass is 10.1. The summed E-state index contributed by atoms with van der Waals surface area (Å²) in [7, 11) is -3.98. The Morgan fingerprint density at radius 1 is 1.44 bits per heavy atom. The summed E-state index contributed by atoms with van der Waals surface area (Å²) in [5, 5.41) is -0.0964. The fraction of sp³-hybridized carbons (Fsp3) is 0.364. The van der Waals surface area contributed by atoms with E-state index >= 15 is 0 Å². The number of carbonyl (C=O) groups excluding carboxylic acids is 1. The molecule has 0 aliphatic rings. The monoisotopic (exact) mass is 293 g/mol. The Bertz CT molecular complexity index is 557. The maximum Gasteiger partial charge on any atom is 0.242 e. The summed E-state index contributed by atoms with van der Waals surface area (Å²) < 4.78 is 38.7. The molecule has 0 atom stereocenters. The molecule has 4 nitrogen and oxygen atoms in total. The standard InChI is InChI=1S/C11H13ClFNO3S/c1-7(2)10(15)6-14-18(16,17)11-5-8(13)3-4-9(11)12/h3-5,7,14H,6H2,1-2H3. The molecular weight excluding hydrogens is 281 g/mol. The van der Waals surface area contributed by atoms with E-state index in [0.717, 1.165) is 18.2 Å². The normalized spacial score (nSPS) is 11.8. The second-order valence-electron chi connectivity index (χ2n) is 4.02. The first-order valence-electron chi connectivity index (χ1n) is 5.21. The van der Waals surface area contributed by atoms with E-state index in [1.165, 1.54) is 0 Å². The second kappa shape index (κ2) is 5.77. The van der Waals surface area contributed by atoms with Gasteiger partial charge in [0, 0.05) is 5.92 Å². The Balaban J connectivity index is 2.93. The van der Waals surface area contributed by atoms with Gasteiger partial charge in [0.15, 0.2) is 0 Å². The average Bonchev–Trinajstić information content (AvgIpc) is 2.29. The first-order chi connectivity index (χ1) is 8.24. The third kappa shape index (κ3) is 3.76. The minimum atomic E-state index is -3.98. The van der Waals surface area contributed by atoms with Crippen LogP contribution in [0.3, 0.4) is 0 Å². The van der Waals surface area contributed by atoms with E-state index in [1.807, 2.05) is 0 Å². The maximum absolute atomic E-state index is 13.0. The highest BCUT2D eigenvalue weighted by Gasteiger charge is 2.20. The molecule has 1 aromatic rings. The number of ketones is 1. The van der Waals surface area contributed by atoms with Gasteiger partial charge in [-0.2, -0.15) is 0 Å². The van der Waals surface area contributed by atoms with Crippen molar-refractivity contribution in [3.05, 3.63) is 29.0 Å². The Labute approximate surface area is 110 Å². The molecule has 0 bridgehead atoms. The van der Waals surface area contributed by atoms with Crippen molar-refractivity contribution in [2.75, 3.05) is 6.54 Å². The quantitative estimate of drug-likeness (QED) is 0.903. The highest BCUT2D eigenvalue weighted by Crippen LogP contribution is 2.21. The van der Waals surface area contributed by atoms with Crippen LogP contribution in [0.25, 0.3) is 0 Å². The molecule has 100 valence electrons. The summed E-state index contributed by atoms with van der Waals surface area (Å²) >= 11 is 5.69. The zero-order valence-electron chi connectivity index (χ0n) is 9.91. The Morgan fingerprint density at radius 2 is 2.06 bits per heavy atom. The molecular formula is C11H13ClFNO3S. The van der Waals surface area contributed by atoms with E-state index in [0.29, 0.717) is 0 Å². The van der Waals surface area contributed by atoms with Crippen LogP contribution in [0.15, 0.2) is 23.1 Å². The summed E-state index contributed by atoms with van der Waals surface area (Å²) in [4.78, 5) is 11.0. The van der Waals surface area contributed by atoms with Crippen LogP contribution in [0, 0.1) is 11.7 Å². The van der Waals surface area contributed by atoms with Crippen LogP contribution in [0.5, 0.6) is 0 Å². The van der Waals surface area contributed by atoms with Crippen molar-refractivity contribution < 1.29 is 17.6 Å². The van der Waals surface area contributed by atoms with Crippen molar-refractivity contribution in [2.24, 2.45) is 5.92 Å². The Hall–Kier alpha value is -0.980. The fourth-order valence-corrected chi connectivity index (χ4v) is 2.63. The lowest BCUT2D eigenvalue weighted by molar-refractivity contribution is -0.120. The van der Waals surface area contributed by atoms with Gasteiger partial charge in [0.2, 0.25) is 10.0 Å². The van der Waals surface area contributed by atoms with Gasteiger partial charge in [0.1, 0.15) is 16.5 Å². The molecule has 7 heteroatoms. The first kappa shape index (κ1) is 15.1. The van der Waals surface area contributed by atoms with Crippen molar-refractivity contribution >= 4 is 27.4 Å². The summed E-state index contributed by atoms with van der Waals surface area (Å²) in [6.45, 7) is 2.98. The van der Waals surface area contributed by atoms with Gasteiger partial charge >= 0.3 is 0 Å². The number of halogens is 2. The number of hydrogen-bond acceptors (Lipinski definition) is 3. The van der Waals surface area contributed by atoms with Crippen molar-refractivity contribution in [2.45, 2.75) is 18.7 Å². The fourth-order valence-electron chi connectivity index (χ4n) is 1.13. The summed E-state index contributed by atoms with van der Waals surface area (Å²) in [5.41, 5.74) is 0. The van der Waals surface area contributed by atoms with Gasteiger partial charge < -0.3 is 0 Å². The van der Waals surface area contributed by atoms with Crippen molar-refractivity contribution in [1.82, 2.24) is 4.72 Å². The molecule has 1 N–H and O–H groups in total. The van der Waals surface area contributed by atoms with Crippen molar-refractivity contribution in [1.29, 1.82) is 0 Å². The Morgan fingerprint density at radius 3 is 2.61 bits per heavy atom. The van der Waals surface area contributed by atoms with Crippen molar-refractivity contribution in [3.63, 3.8) is 0 Å². The molecule has 0 radical (unpaired) electrons. The van der Waals surface area contributed by atoms with Crippen LogP contribution < -0.4 is 4.72 Å². The zero-order valence-corrected chi connectivity index (χ0v) is 11.5. The van der Waals surface area contributed by atoms with E-state index in [9.17, 15) is 17.6 Å². The smallest absolute Gasteiger partial charge is 0.242 e. The predicted octanol–water partition coefficient (Wildman–Crippen LogP) is 1.98. The molecule has 0 amide bonds. The topological polar surface area (TPSA) is 63.2 Å². The lowest BCUT2D eigenvalue weighted by Crippen LogP contribution is -2.31. The molecule has 0 spiro atoms. The van der Waals surface area contributed by atoms with E-state index < -0.39 is 15.8 Å². The maximum atomic E-state index is 13.0. The molecule has 18 heavy (non-hydrogen) atoms. The number of benzene rings is 1. The highest BCUT2D eigenvalue weighted by molar-refractivity contribution is 7.89. The molecule has 0 aliphatic heterocycles. The number of rotatable bonds is 5. The van der Waals surface area contributed by atoms with Crippen LogP contribution in [-0.2, 0) is 14.8 Å². The summed E-state index contributed by atoms with van der Waals surface area (Å²) in [6, 6.07) is 3.01. The highest BCUT2D eigenvalue weighted by atomic mass is 35.5. The predicted molar refractivity (Wildman–Crippen MR) is 66.4 cm³/mol. The van der Waals surface area contributed by atoms with E-state index in [4.69, 9.17) is 11.6 Å². The van der Waals surface area contributed by atoms with Crippen LogP contribution in [0.1, 0.15) is 13.8 Å². The van der Waals surface area contributed by atoms with Crippen LogP contribution in [0.2, 0.25) is 5.02 Å². The SMILES string of the molecule is CC(C)C(=O)CNS(=O)(=O)c1cc(F)ccc1Cl. The number of nitrogens with one attached hydrogen (secondary N) is 1. The molecule has 0 aromatic heterocycles. The molecule has 0 saturated heterocycles. The third-order valence-corrected chi connectivity index (χ3v) is 4.15. The molecule has 0 aliphatic carbocycles. The summed E-state index contributed by atoms with van der Waals surface area (Å²) in [5.74, 6) is -1.25. The van der Waals surface area contributed by atoms with E-state index in [2.05, 4.69) is 4.72 Å². The molecule has 0 saturated carbocycles. The van der Waals surface area contributed by atoms with Gasteiger partial charge in [0.05, 0.1) is 11.6 Å². The average molecular weight is 294 g/mol. The largest absolute Gasteiger partial charge is 0.298 e.